The summed E-state index contributed by atoms with van der Waals surface area (Å²) in [6.45, 7) is 9.98. The molecule has 26 heavy (non-hydrogen) atoms. The molecule has 2 rings (SSSR count). The van der Waals surface area contributed by atoms with Gasteiger partial charge in [0.25, 0.3) is 0 Å². The van der Waals surface area contributed by atoms with Crippen molar-refractivity contribution in [1.82, 2.24) is 20.9 Å². The molecule has 0 bridgehead atoms. The highest BCUT2D eigenvalue weighted by Crippen LogP contribution is 2.29. The van der Waals surface area contributed by atoms with Crippen molar-refractivity contribution in [2.75, 3.05) is 19.7 Å². The van der Waals surface area contributed by atoms with Crippen LogP contribution < -0.4 is 20.7 Å². The highest BCUT2D eigenvalue weighted by Gasteiger charge is 2.22. The molecule has 1 aromatic rings. The molecule has 0 aromatic carbocycles. The molecule has 7 heteroatoms. The van der Waals surface area contributed by atoms with Crippen LogP contribution in [0.4, 0.5) is 0 Å². The van der Waals surface area contributed by atoms with Gasteiger partial charge >= 0.3 is 0 Å². The number of carbonyl (C=O) groups excluding carboxylic acids is 1. The van der Waals surface area contributed by atoms with E-state index in [9.17, 15) is 4.79 Å². The van der Waals surface area contributed by atoms with Gasteiger partial charge in [-0.05, 0) is 52.0 Å². The number of aliphatic imine (C=N–C) groups is 1. The van der Waals surface area contributed by atoms with Gasteiger partial charge in [0.2, 0.25) is 11.8 Å². The first-order valence-corrected chi connectivity index (χ1v) is 9.26. The van der Waals surface area contributed by atoms with E-state index in [-0.39, 0.29) is 18.0 Å². The summed E-state index contributed by atoms with van der Waals surface area (Å²) >= 11 is 0. The maximum Gasteiger partial charge on any atom is 0.239 e. The fourth-order valence-electron chi connectivity index (χ4n) is 2.22. The molecule has 1 amide bonds. The van der Waals surface area contributed by atoms with Crippen molar-refractivity contribution in [2.45, 2.75) is 52.6 Å². The van der Waals surface area contributed by atoms with Gasteiger partial charge in [-0.25, -0.2) is 9.98 Å². The highest BCUT2D eigenvalue weighted by molar-refractivity contribution is 5.86. The third-order valence-corrected chi connectivity index (χ3v) is 3.66. The molecule has 0 atom stereocenters. The molecular weight excluding hydrogens is 330 g/mol. The Kier molecular flexibility index (Phi) is 7.24. The molecule has 1 saturated carbocycles. The van der Waals surface area contributed by atoms with Gasteiger partial charge in [-0.15, -0.1) is 0 Å². The molecule has 0 spiro atoms. The SMILES string of the molecule is CCNC(=NCc1ccc(OCC2CC2)nc1)NCC(=O)NC(C)(C)C. The van der Waals surface area contributed by atoms with Crippen molar-refractivity contribution in [1.29, 1.82) is 0 Å². The first-order valence-electron chi connectivity index (χ1n) is 9.26. The standard InChI is InChI=1S/C19H31N5O2/c1-5-20-18(23-12-16(25)24-19(2,3)4)22-11-15-8-9-17(21-10-15)26-13-14-6-7-14/h8-10,14H,5-7,11-13H2,1-4H3,(H,24,25)(H2,20,22,23). The number of amides is 1. The molecule has 1 fully saturated rings. The van der Waals surface area contributed by atoms with E-state index >= 15 is 0 Å². The first-order chi connectivity index (χ1) is 12.4. The van der Waals surface area contributed by atoms with Gasteiger partial charge in [0.1, 0.15) is 0 Å². The Morgan fingerprint density at radius 3 is 2.65 bits per heavy atom. The van der Waals surface area contributed by atoms with Crippen LogP contribution in [0.2, 0.25) is 0 Å². The number of hydrogen-bond acceptors (Lipinski definition) is 4. The van der Waals surface area contributed by atoms with Gasteiger partial charge in [0, 0.05) is 24.3 Å². The maximum atomic E-state index is 11.9. The molecule has 1 aromatic heterocycles. The Hall–Kier alpha value is -2.31. The molecule has 144 valence electrons. The molecule has 0 unspecified atom stereocenters. The number of nitrogens with zero attached hydrogens (tertiary/aromatic N) is 2. The number of aromatic nitrogens is 1. The highest BCUT2D eigenvalue weighted by atomic mass is 16.5. The lowest BCUT2D eigenvalue weighted by molar-refractivity contribution is -0.121. The lowest BCUT2D eigenvalue weighted by Gasteiger charge is -2.21. The van der Waals surface area contributed by atoms with E-state index in [2.05, 4.69) is 25.9 Å². The Morgan fingerprint density at radius 1 is 1.31 bits per heavy atom. The van der Waals surface area contributed by atoms with Gasteiger partial charge < -0.3 is 20.7 Å². The van der Waals surface area contributed by atoms with E-state index < -0.39 is 0 Å². The number of guanidine groups is 1. The quantitative estimate of drug-likeness (QED) is 0.486. The fraction of sp³-hybridized carbons (Fsp3) is 0.632. The zero-order valence-corrected chi connectivity index (χ0v) is 16.3. The molecule has 0 aliphatic heterocycles. The second-order valence-electron chi connectivity index (χ2n) is 7.61. The van der Waals surface area contributed by atoms with Crippen LogP contribution in [0.5, 0.6) is 5.88 Å². The molecule has 7 nitrogen and oxygen atoms in total. The second kappa shape index (κ2) is 9.40. The zero-order valence-electron chi connectivity index (χ0n) is 16.3. The van der Waals surface area contributed by atoms with E-state index in [4.69, 9.17) is 4.74 Å². The number of ether oxygens (including phenoxy) is 1. The first kappa shape index (κ1) is 20.0. The molecule has 1 aliphatic carbocycles. The summed E-state index contributed by atoms with van der Waals surface area (Å²) in [6.07, 6.45) is 4.31. The van der Waals surface area contributed by atoms with Gasteiger partial charge in [0.05, 0.1) is 19.7 Å². The second-order valence-corrected chi connectivity index (χ2v) is 7.61. The Labute approximate surface area is 156 Å². The smallest absolute Gasteiger partial charge is 0.239 e. The zero-order chi connectivity index (χ0) is 19.0. The topological polar surface area (TPSA) is 87.6 Å². The van der Waals surface area contributed by atoms with Crippen molar-refractivity contribution < 1.29 is 9.53 Å². The number of pyridine rings is 1. The van der Waals surface area contributed by atoms with Gasteiger partial charge in [-0.3, -0.25) is 4.79 Å². The van der Waals surface area contributed by atoms with E-state index in [1.54, 1.807) is 6.20 Å². The van der Waals surface area contributed by atoms with Crippen LogP contribution in [0.1, 0.15) is 46.1 Å². The maximum absolute atomic E-state index is 11.9. The number of hydrogen-bond donors (Lipinski definition) is 3. The molecule has 1 aliphatic rings. The van der Waals surface area contributed by atoms with Crippen LogP contribution in [-0.2, 0) is 11.3 Å². The van der Waals surface area contributed by atoms with E-state index in [0.29, 0.717) is 24.3 Å². The lowest BCUT2D eigenvalue weighted by atomic mass is 10.1. The molecule has 3 N–H and O–H groups in total. The van der Waals surface area contributed by atoms with Gasteiger partial charge in [0.15, 0.2) is 5.96 Å². The fourth-order valence-corrected chi connectivity index (χ4v) is 2.22. The minimum atomic E-state index is -0.247. The monoisotopic (exact) mass is 361 g/mol. The average molecular weight is 361 g/mol. The summed E-state index contributed by atoms with van der Waals surface area (Å²) in [5.74, 6) is 1.91. The van der Waals surface area contributed by atoms with Crippen LogP contribution in [0.3, 0.4) is 0 Å². The van der Waals surface area contributed by atoms with Gasteiger partial charge in [-0.1, -0.05) is 6.07 Å². The number of rotatable bonds is 8. The van der Waals surface area contributed by atoms with Crippen LogP contribution in [-0.4, -0.2) is 42.1 Å². The summed E-state index contributed by atoms with van der Waals surface area (Å²) in [7, 11) is 0. The lowest BCUT2D eigenvalue weighted by Crippen LogP contribution is -2.48. The van der Waals surface area contributed by atoms with Crippen LogP contribution >= 0.6 is 0 Å². The van der Waals surface area contributed by atoms with E-state index in [0.717, 1.165) is 18.7 Å². The summed E-state index contributed by atoms with van der Waals surface area (Å²) in [5, 5.41) is 9.09. The molecular formula is C19H31N5O2. The minimum Gasteiger partial charge on any atom is -0.477 e. The predicted octanol–water partition coefficient (Wildman–Crippen LogP) is 1.84. The summed E-state index contributed by atoms with van der Waals surface area (Å²) in [4.78, 5) is 20.7. The normalized spacial score (nSPS) is 14.7. The Morgan fingerprint density at radius 2 is 2.08 bits per heavy atom. The van der Waals surface area contributed by atoms with Crippen molar-refractivity contribution in [3.8, 4) is 5.88 Å². The van der Waals surface area contributed by atoms with Crippen molar-refractivity contribution >= 4 is 11.9 Å². The minimum absolute atomic E-state index is 0.0677. The number of carbonyl (C=O) groups is 1. The van der Waals surface area contributed by atoms with E-state index in [1.807, 2.05) is 39.8 Å². The molecule has 0 saturated heterocycles. The van der Waals surface area contributed by atoms with Crippen LogP contribution in [0.15, 0.2) is 23.3 Å². The summed E-state index contributed by atoms with van der Waals surface area (Å²) in [5.41, 5.74) is 0.739. The summed E-state index contributed by atoms with van der Waals surface area (Å²) < 4.78 is 5.64. The van der Waals surface area contributed by atoms with Crippen molar-refractivity contribution in [2.24, 2.45) is 10.9 Å². The largest absolute Gasteiger partial charge is 0.477 e. The summed E-state index contributed by atoms with van der Waals surface area (Å²) in [6, 6.07) is 3.85. The van der Waals surface area contributed by atoms with Crippen molar-refractivity contribution in [3.05, 3.63) is 23.9 Å². The van der Waals surface area contributed by atoms with E-state index in [1.165, 1.54) is 12.8 Å². The predicted molar refractivity (Wildman–Crippen MR) is 103 cm³/mol. The Balaban J connectivity index is 1.81. The molecule has 1 heterocycles. The molecule has 0 radical (unpaired) electrons. The van der Waals surface area contributed by atoms with Crippen LogP contribution in [0, 0.1) is 5.92 Å². The Bertz CT molecular complexity index is 603. The third-order valence-electron chi connectivity index (χ3n) is 3.66. The third kappa shape index (κ3) is 8.18. The number of nitrogens with one attached hydrogen (secondary N) is 3. The van der Waals surface area contributed by atoms with Gasteiger partial charge in [-0.2, -0.15) is 0 Å². The average Bonchev–Trinajstić information content (AvgIpc) is 3.39. The van der Waals surface area contributed by atoms with Crippen molar-refractivity contribution in [3.63, 3.8) is 0 Å². The van der Waals surface area contributed by atoms with Crippen LogP contribution in [0.25, 0.3) is 0 Å².